The van der Waals surface area contributed by atoms with Crippen LogP contribution in [0.4, 0.5) is 39.5 Å². The van der Waals surface area contributed by atoms with Crippen LogP contribution in [0.25, 0.3) is 0 Å². The van der Waals surface area contributed by atoms with Crippen molar-refractivity contribution in [2.24, 2.45) is 0 Å². The van der Waals surface area contributed by atoms with E-state index in [0.29, 0.717) is 110 Å². The first-order valence-electron chi connectivity index (χ1n) is 33.9. The highest BCUT2D eigenvalue weighted by atomic mass is 35.5. The number of rotatable bonds is 12. The van der Waals surface area contributed by atoms with Gasteiger partial charge in [-0.1, -0.05) is 41.4 Å². The van der Waals surface area contributed by atoms with Crippen LogP contribution in [0.5, 0.6) is 11.5 Å². The molecular weight excluding hydrogens is 1370 g/mol. The molecule has 0 saturated carbocycles. The molecule has 6 aliphatic rings. The number of aromatic nitrogens is 3. The van der Waals surface area contributed by atoms with Crippen LogP contribution in [-0.4, -0.2) is 184 Å². The zero-order valence-corrected chi connectivity index (χ0v) is 60.0. The van der Waals surface area contributed by atoms with Gasteiger partial charge in [-0.3, -0.25) is 33.9 Å². The lowest BCUT2D eigenvalue weighted by atomic mass is 9.80. The fourth-order valence-corrected chi connectivity index (χ4v) is 16.4. The molecule has 1 N–H and O–H groups in total. The topological polar surface area (TPSA) is 150 Å². The number of halogens is 11. The molecule has 28 heteroatoms. The number of piperidine rings is 3. The maximum atomic E-state index is 13.6. The van der Waals surface area contributed by atoms with Crippen LogP contribution in [0, 0.1) is 6.92 Å². The summed E-state index contributed by atoms with van der Waals surface area (Å²) in [5, 5.41) is 11.2. The largest absolute Gasteiger partial charge is 0.493 e. The van der Waals surface area contributed by atoms with Gasteiger partial charge in [0, 0.05) is 106 Å². The first kappa shape index (κ1) is 76.6. The molecule has 12 rings (SSSR count). The molecule has 3 fully saturated rings. The Balaban J connectivity index is 0.000000165. The van der Waals surface area contributed by atoms with Crippen molar-refractivity contribution in [3.05, 3.63) is 163 Å². The van der Waals surface area contributed by atoms with Crippen molar-refractivity contribution >= 4 is 46.7 Å². The first-order chi connectivity index (χ1) is 47.3. The highest BCUT2D eigenvalue weighted by Gasteiger charge is 2.52. The fraction of sp³-hybridized carbons (Fsp3) is 0.534. The van der Waals surface area contributed by atoms with Gasteiger partial charge in [0.25, 0.3) is 23.5 Å². The van der Waals surface area contributed by atoms with Crippen LogP contribution in [0.1, 0.15) is 167 Å². The molecule has 550 valence electrons. The molecule has 0 radical (unpaired) electrons. The van der Waals surface area contributed by atoms with Gasteiger partial charge in [0.15, 0.2) is 11.5 Å². The van der Waals surface area contributed by atoms with Crippen LogP contribution in [-0.2, 0) is 52.8 Å². The van der Waals surface area contributed by atoms with Crippen molar-refractivity contribution < 1.29 is 78.0 Å². The fourth-order valence-electron chi connectivity index (χ4n) is 15.8. The molecule has 1 atom stereocenters. The number of hydrogen-bond acceptors (Lipinski definition) is 11. The Labute approximate surface area is 592 Å². The number of carbonyl (C=O) groups is 4. The summed E-state index contributed by atoms with van der Waals surface area (Å²) in [6.45, 7) is 16.7. The second-order valence-electron chi connectivity index (χ2n) is 28.1. The Kier molecular flexibility index (Phi) is 22.4. The van der Waals surface area contributed by atoms with Gasteiger partial charge in [0.1, 0.15) is 10.8 Å². The highest BCUT2D eigenvalue weighted by molar-refractivity contribution is 6.31. The number of aryl methyl sites for hydroxylation is 1. The molecule has 6 aliphatic heterocycles. The SMILES string of the molecule is CC1CN(C)C2(CCN(C(=O)c3ccc(COCCC(F)(F)F)cc3)CC2)c2ccc(C(=O)C(F)(F)F)n21.COc1cc(C(=O)N2CCC3(CC2)c2c(Cl)cc(C(F)(F)F)n2CCN3C)ccc1OC(C)C.Cc1cc(C(=O)N2CCC3(CC2)c2ccc(Cl)n2CCN3C)ccc1C(C)(C)O. The van der Waals surface area contributed by atoms with Crippen LogP contribution in [0.15, 0.2) is 91.0 Å². The molecule has 9 heterocycles. The minimum Gasteiger partial charge on any atom is -0.493 e. The Morgan fingerprint density at radius 2 is 1.11 bits per heavy atom. The molecule has 3 aromatic heterocycles. The molecule has 3 spiro atoms. The minimum absolute atomic E-state index is 0.0000188. The predicted octanol–water partition coefficient (Wildman–Crippen LogP) is 14.1. The average Bonchev–Trinajstić information content (AvgIpc) is 1.65. The Morgan fingerprint density at radius 1 is 0.604 bits per heavy atom. The number of methoxy groups -OCH3 is 1. The summed E-state index contributed by atoms with van der Waals surface area (Å²) in [4.78, 5) is 63.6. The lowest BCUT2D eigenvalue weighted by molar-refractivity contribution is -0.146. The molecule has 3 saturated heterocycles. The third-order valence-corrected chi connectivity index (χ3v) is 21.7. The number of benzene rings is 3. The van der Waals surface area contributed by atoms with E-state index >= 15 is 0 Å². The van der Waals surface area contributed by atoms with E-state index in [4.69, 9.17) is 37.4 Å². The number of nitrogens with zero attached hydrogens (tertiary/aromatic N) is 9. The molecule has 1 unspecified atom stereocenters. The van der Waals surface area contributed by atoms with Crippen molar-refractivity contribution in [1.82, 2.24) is 43.1 Å². The number of amides is 3. The van der Waals surface area contributed by atoms with Gasteiger partial charge in [-0.25, -0.2) is 0 Å². The van der Waals surface area contributed by atoms with E-state index in [-0.39, 0.29) is 59.3 Å². The predicted molar refractivity (Wildman–Crippen MR) is 364 cm³/mol. The molecule has 0 aliphatic carbocycles. The monoisotopic (exact) mass is 1460 g/mol. The number of hydrogen-bond donors (Lipinski definition) is 1. The average molecular weight is 1460 g/mol. The standard InChI is InChI=1S/C26H29F6N3O3.C24H29ClF3N3O3.C23H30ClN3O2/c1-17-15-33(2)24(21-8-7-20(35(17)21)22(36)26(30,31)32)9-12-34(13-10-24)23(37)19-5-3-18(4-6-19)16-38-14-11-25(27,28)29;1-15(2)34-18-6-5-16(13-19(18)33-4)22(32)30-9-7-23(8-10-30)21-17(25)14-20(24(26,27)28)31(21)12-11-29(23)3;1-16-15-17(5-6-18(16)22(2,3)29)21(28)26-11-9-23(10-12-26)19-7-8-20(24)27(19)14-13-25(23)4/h3-8,17H,9-16H2,1-2H3;5-6,13-15H,7-12H2,1-4H3;5-8,15,29H,9-14H2,1-4H3. The lowest BCUT2D eigenvalue weighted by Gasteiger charge is -2.52. The molecular formula is C73H88Cl2F9N9O8. The Morgan fingerprint density at radius 3 is 1.63 bits per heavy atom. The summed E-state index contributed by atoms with van der Waals surface area (Å²) >= 11 is 12.8. The highest BCUT2D eigenvalue weighted by Crippen LogP contribution is 2.49. The van der Waals surface area contributed by atoms with Crippen molar-refractivity contribution in [3.63, 3.8) is 0 Å². The maximum Gasteiger partial charge on any atom is 0.456 e. The zero-order valence-electron chi connectivity index (χ0n) is 58.4. The van der Waals surface area contributed by atoms with Crippen LogP contribution in [0.3, 0.4) is 0 Å². The molecule has 101 heavy (non-hydrogen) atoms. The van der Waals surface area contributed by atoms with E-state index in [1.54, 1.807) is 79.1 Å². The summed E-state index contributed by atoms with van der Waals surface area (Å²) in [5.74, 6) is -1.12. The van der Waals surface area contributed by atoms with Gasteiger partial charge in [-0.2, -0.15) is 39.5 Å². The van der Waals surface area contributed by atoms with E-state index in [0.717, 1.165) is 61.4 Å². The second kappa shape index (κ2) is 29.6. The van der Waals surface area contributed by atoms with E-state index in [9.17, 15) is 63.8 Å². The smallest absolute Gasteiger partial charge is 0.456 e. The number of ether oxygens (including phenoxy) is 3. The van der Waals surface area contributed by atoms with Crippen molar-refractivity contribution in [2.45, 2.75) is 159 Å². The second-order valence-corrected chi connectivity index (χ2v) is 28.9. The van der Waals surface area contributed by atoms with E-state index in [2.05, 4.69) is 32.4 Å². The van der Waals surface area contributed by atoms with E-state index in [1.807, 2.05) is 64.0 Å². The van der Waals surface area contributed by atoms with Gasteiger partial charge < -0.3 is 47.7 Å². The summed E-state index contributed by atoms with van der Waals surface area (Å²) in [5.41, 5.74) is 3.14. The third kappa shape index (κ3) is 15.7. The lowest BCUT2D eigenvalue weighted by Crippen LogP contribution is -2.57. The quantitative estimate of drug-likeness (QED) is 0.0708. The first-order valence-corrected chi connectivity index (χ1v) is 34.7. The molecule has 6 aromatic rings. The van der Waals surface area contributed by atoms with Gasteiger partial charge in [-0.15, -0.1) is 0 Å². The molecule has 17 nitrogen and oxygen atoms in total. The number of aliphatic hydroxyl groups is 1. The number of carbonyl (C=O) groups excluding carboxylic acids is 4. The molecule has 0 bridgehead atoms. The van der Waals surface area contributed by atoms with E-state index < -0.39 is 59.7 Å². The Hall–Kier alpha value is -7.07. The molecule has 3 amide bonds. The number of Topliss-reactive ketones (excluding diaryl/α,β-unsaturated/α-hetero) is 1. The number of fused-ring (bicyclic) bond motifs is 6. The normalized spacial score (nSPS) is 19.3. The summed E-state index contributed by atoms with van der Waals surface area (Å²) in [6.07, 6.45) is -11.0. The van der Waals surface area contributed by atoms with Gasteiger partial charge in [-0.05, 0) is 191 Å². The van der Waals surface area contributed by atoms with Gasteiger partial charge in [0.05, 0.1) is 71.5 Å². The zero-order chi connectivity index (χ0) is 73.7. The van der Waals surface area contributed by atoms with Crippen LogP contribution in [0.2, 0.25) is 10.2 Å². The van der Waals surface area contributed by atoms with Gasteiger partial charge >= 0.3 is 18.5 Å². The van der Waals surface area contributed by atoms with E-state index in [1.165, 1.54) is 28.0 Å². The van der Waals surface area contributed by atoms with Crippen LogP contribution >= 0.6 is 23.2 Å². The van der Waals surface area contributed by atoms with Crippen molar-refractivity contribution in [2.75, 3.05) is 93.8 Å². The summed E-state index contributed by atoms with van der Waals surface area (Å²) in [6, 6.07) is 24.8. The third-order valence-electron chi connectivity index (χ3n) is 21.1. The Bertz CT molecular complexity index is 3980. The number of likely N-dealkylation sites (N-methyl/N-ethyl adjacent to an activating group) is 3. The molecule has 3 aromatic carbocycles. The van der Waals surface area contributed by atoms with Crippen LogP contribution < -0.4 is 9.47 Å². The summed E-state index contributed by atoms with van der Waals surface area (Å²) in [7, 11) is 7.52. The number of alkyl halides is 9. The number of likely N-dealkylation sites (tertiary alicyclic amines) is 3. The summed E-state index contributed by atoms with van der Waals surface area (Å²) < 4.78 is 138. The maximum absolute atomic E-state index is 13.6. The van der Waals surface area contributed by atoms with Crippen molar-refractivity contribution in [1.29, 1.82) is 0 Å². The minimum atomic E-state index is -4.97. The number of ketones is 1. The van der Waals surface area contributed by atoms with Crippen molar-refractivity contribution in [3.8, 4) is 11.5 Å². The van der Waals surface area contributed by atoms with Gasteiger partial charge in [0.2, 0.25) is 0 Å².